The van der Waals surface area contributed by atoms with Gasteiger partial charge in [0, 0.05) is 17.3 Å². The number of carbonyl (C=O) groups excluding carboxylic acids is 2. The first-order chi connectivity index (χ1) is 15.5. The summed E-state index contributed by atoms with van der Waals surface area (Å²) in [4.78, 5) is 24.8. The Bertz CT molecular complexity index is 1120. The first-order valence-corrected chi connectivity index (χ1v) is 11.0. The zero-order chi connectivity index (χ0) is 22.9. The van der Waals surface area contributed by atoms with Gasteiger partial charge in [0.1, 0.15) is 11.6 Å². The first-order valence-electron chi connectivity index (χ1n) is 9.64. The number of nitrogens with one attached hydrogen (secondary N) is 2. The molecule has 0 aliphatic rings. The first kappa shape index (κ1) is 23.4. The molecule has 3 aromatic rings. The minimum absolute atomic E-state index is 0.00809. The van der Waals surface area contributed by atoms with Crippen molar-refractivity contribution in [1.29, 1.82) is 0 Å². The molecule has 10 heteroatoms. The fourth-order valence-corrected chi connectivity index (χ4v) is 3.81. The molecule has 0 saturated heterocycles. The highest BCUT2D eigenvalue weighted by Crippen LogP contribution is 2.24. The van der Waals surface area contributed by atoms with Crippen LogP contribution in [0.1, 0.15) is 5.82 Å². The van der Waals surface area contributed by atoms with E-state index < -0.39 is 0 Å². The van der Waals surface area contributed by atoms with E-state index in [0.717, 1.165) is 0 Å². The molecule has 0 radical (unpaired) electrons. The topological polar surface area (TPSA) is 98.1 Å². The predicted octanol–water partition coefficient (Wildman–Crippen LogP) is 4.04. The van der Waals surface area contributed by atoms with Crippen LogP contribution in [0.25, 0.3) is 0 Å². The van der Waals surface area contributed by atoms with Crippen LogP contribution in [-0.2, 0) is 22.6 Å². The Labute approximate surface area is 195 Å². The number of halogens is 1. The van der Waals surface area contributed by atoms with Gasteiger partial charge in [-0.25, -0.2) is 0 Å². The maximum atomic E-state index is 12.6. The zero-order valence-corrected chi connectivity index (χ0v) is 18.9. The molecule has 2 amide bonds. The van der Waals surface area contributed by atoms with Gasteiger partial charge in [0.2, 0.25) is 11.8 Å². The number of allylic oxidation sites excluding steroid dienone is 1. The second-order valence-corrected chi connectivity index (χ2v) is 7.95. The third kappa shape index (κ3) is 6.35. The van der Waals surface area contributed by atoms with E-state index in [9.17, 15) is 9.59 Å². The quantitative estimate of drug-likeness (QED) is 0.342. The van der Waals surface area contributed by atoms with E-state index in [0.29, 0.717) is 39.7 Å². The lowest BCUT2D eigenvalue weighted by molar-refractivity contribution is -0.116. The Morgan fingerprint density at radius 3 is 2.72 bits per heavy atom. The maximum absolute atomic E-state index is 12.6. The van der Waals surface area contributed by atoms with Gasteiger partial charge in [-0.15, -0.1) is 16.8 Å². The molecule has 0 atom stereocenters. The Hall–Kier alpha value is -3.30. The number of thioether (sulfide) groups is 1. The van der Waals surface area contributed by atoms with Crippen LogP contribution in [0.2, 0.25) is 5.02 Å². The van der Waals surface area contributed by atoms with Crippen molar-refractivity contribution in [3.63, 3.8) is 0 Å². The summed E-state index contributed by atoms with van der Waals surface area (Å²) in [6, 6.07) is 14.1. The summed E-state index contributed by atoms with van der Waals surface area (Å²) < 4.78 is 7.01. The summed E-state index contributed by atoms with van der Waals surface area (Å²) in [5.74, 6) is 0.684. The van der Waals surface area contributed by atoms with Crippen molar-refractivity contribution in [3.05, 3.63) is 72.0 Å². The summed E-state index contributed by atoms with van der Waals surface area (Å²) in [6.45, 7) is 4.16. The van der Waals surface area contributed by atoms with Crippen molar-refractivity contribution >= 4 is 46.6 Å². The second-order valence-electron chi connectivity index (χ2n) is 6.57. The lowest BCUT2D eigenvalue weighted by Crippen LogP contribution is -2.18. The Kier molecular flexibility index (Phi) is 8.29. The summed E-state index contributed by atoms with van der Waals surface area (Å²) in [6.07, 6.45) is 1.69. The molecule has 32 heavy (non-hydrogen) atoms. The summed E-state index contributed by atoms with van der Waals surface area (Å²) >= 11 is 7.16. The van der Waals surface area contributed by atoms with Crippen LogP contribution in [0.3, 0.4) is 0 Å². The number of ether oxygens (including phenoxy) is 1. The lowest BCUT2D eigenvalue weighted by Gasteiger charge is -2.11. The molecule has 2 aromatic carbocycles. The number of aromatic nitrogens is 3. The fourth-order valence-electron chi connectivity index (χ4n) is 2.85. The fraction of sp³-hybridized carbons (Fsp3) is 0.182. The number of hydrogen-bond acceptors (Lipinski definition) is 6. The molecular formula is C22H22ClN5O3S. The number of amides is 2. The average molecular weight is 472 g/mol. The number of nitrogens with zero attached hydrogens (tertiary/aromatic N) is 3. The Morgan fingerprint density at radius 1 is 1.16 bits per heavy atom. The van der Waals surface area contributed by atoms with Gasteiger partial charge in [-0.3, -0.25) is 9.59 Å². The third-order valence-electron chi connectivity index (χ3n) is 4.25. The molecule has 1 heterocycles. The van der Waals surface area contributed by atoms with Crippen molar-refractivity contribution < 1.29 is 14.3 Å². The van der Waals surface area contributed by atoms with Gasteiger partial charge < -0.3 is 19.9 Å². The van der Waals surface area contributed by atoms with Crippen LogP contribution < -0.4 is 15.4 Å². The molecule has 0 unspecified atom stereocenters. The Morgan fingerprint density at radius 2 is 1.97 bits per heavy atom. The summed E-state index contributed by atoms with van der Waals surface area (Å²) in [7, 11) is 1.54. The molecule has 0 saturated carbocycles. The van der Waals surface area contributed by atoms with Gasteiger partial charge in [-0.05, 0) is 30.3 Å². The highest BCUT2D eigenvalue weighted by molar-refractivity contribution is 7.99. The third-order valence-corrected chi connectivity index (χ3v) is 5.45. The number of benzene rings is 2. The van der Waals surface area contributed by atoms with E-state index in [2.05, 4.69) is 27.4 Å². The van der Waals surface area contributed by atoms with E-state index in [-0.39, 0.29) is 24.0 Å². The molecule has 2 N–H and O–H groups in total. The zero-order valence-electron chi connectivity index (χ0n) is 17.4. The highest BCUT2D eigenvalue weighted by atomic mass is 35.5. The van der Waals surface area contributed by atoms with Gasteiger partial charge in [-0.1, -0.05) is 47.6 Å². The maximum Gasteiger partial charge on any atom is 0.234 e. The number of para-hydroxylation sites is 2. The average Bonchev–Trinajstić information content (AvgIpc) is 3.14. The number of methoxy groups -OCH3 is 1. The van der Waals surface area contributed by atoms with E-state index in [1.54, 1.807) is 47.0 Å². The van der Waals surface area contributed by atoms with Crippen LogP contribution in [0.5, 0.6) is 5.75 Å². The van der Waals surface area contributed by atoms with Crippen molar-refractivity contribution in [3.8, 4) is 5.75 Å². The van der Waals surface area contributed by atoms with Gasteiger partial charge in [0.05, 0.1) is 25.0 Å². The summed E-state index contributed by atoms with van der Waals surface area (Å²) in [5.41, 5.74) is 1.19. The second kappa shape index (κ2) is 11.4. The van der Waals surface area contributed by atoms with Crippen molar-refractivity contribution in [2.75, 3.05) is 23.5 Å². The van der Waals surface area contributed by atoms with E-state index in [4.69, 9.17) is 16.3 Å². The van der Waals surface area contributed by atoms with Crippen LogP contribution >= 0.6 is 23.4 Å². The standard InChI is InChI=1S/C22H22ClN5O3S/c1-3-11-28-19(13-20(29)25-17-9-4-5-10-18(17)31-2)26-27-22(28)32-14-21(30)24-16-8-6-7-15(23)12-16/h3-10,12H,1,11,13-14H2,2H3,(H,24,30)(H,25,29). The lowest BCUT2D eigenvalue weighted by atomic mass is 10.2. The van der Waals surface area contributed by atoms with E-state index >= 15 is 0 Å². The van der Waals surface area contributed by atoms with E-state index in [1.165, 1.54) is 18.9 Å². The van der Waals surface area contributed by atoms with Crippen LogP contribution in [0.15, 0.2) is 66.3 Å². The van der Waals surface area contributed by atoms with Crippen LogP contribution in [0.4, 0.5) is 11.4 Å². The van der Waals surface area contributed by atoms with Gasteiger partial charge in [-0.2, -0.15) is 0 Å². The largest absolute Gasteiger partial charge is 0.495 e. The molecule has 0 aliphatic heterocycles. The van der Waals surface area contributed by atoms with Crippen molar-refractivity contribution in [2.24, 2.45) is 0 Å². The number of hydrogen-bond donors (Lipinski definition) is 2. The van der Waals surface area contributed by atoms with Crippen molar-refractivity contribution in [2.45, 2.75) is 18.1 Å². The van der Waals surface area contributed by atoms with Gasteiger partial charge >= 0.3 is 0 Å². The minimum atomic E-state index is -0.262. The number of carbonyl (C=O) groups is 2. The summed E-state index contributed by atoms with van der Waals surface area (Å²) in [5, 5.41) is 14.9. The van der Waals surface area contributed by atoms with Gasteiger partial charge in [0.15, 0.2) is 5.16 Å². The predicted molar refractivity (Wildman–Crippen MR) is 126 cm³/mol. The smallest absolute Gasteiger partial charge is 0.234 e. The van der Waals surface area contributed by atoms with E-state index in [1.807, 2.05) is 12.1 Å². The minimum Gasteiger partial charge on any atom is -0.495 e. The number of anilines is 2. The van der Waals surface area contributed by atoms with Gasteiger partial charge in [0.25, 0.3) is 0 Å². The molecule has 0 aliphatic carbocycles. The molecule has 0 bridgehead atoms. The monoisotopic (exact) mass is 471 g/mol. The molecule has 166 valence electrons. The molecule has 3 rings (SSSR count). The Balaban J connectivity index is 1.63. The normalized spacial score (nSPS) is 10.4. The SMILES string of the molecule is C=CCn1c(CC(=O)Nc2ccccc2OC)nnc1SCC(=O)Nc1cccc(Cl)c1. The molecule has 0 spiro atoms. The number of rotatable bonds is 10. The van der Waals surface area contributed by atoms with Crippen molar-refractivity contribution in [1.82, 2.24) is 14.8 Å². The highest BCUT2D eigenvalue weighted by Gasteiger charge is 2.17. The molecular weight excluding hydrogens is 450 g/mol. The molecule has 8 nitrogen and oxygen atoms in total. The van der Waals surface area contributed by atoms with Crippen LogP contribution in [0, 0.1) is 0 Å². The molecule has 0 fully saturated rings. The van der Waals surface area contributed by atoms with Crippen LogP contribution in [-0.4, -0.2) is 39.4 Å². The molecule has 1 aromatic heterocycles.